The van der Waals surface area contributed by atoms with Crippen molar-refractivity contribution >= 4 is 5.78 Å². The second-order valence-corrected chi connectivity index (χ2v) is 5.21. The highest BCUT2D eigenvalue weighted by Gasteiger charge is 2.23. The van der Waals surface area contributed by atoms with Gasteiger partial charge in [-0.2, -0.15) is 4.98 Å². The van der Waals surface area contributed by atoms with E-state index in [0.29, 0.717) is 24.7 Å². The zero-order valence-electron chi connectivity index (χ0n) is 10.6. The quantitative estimate of drug-likeness (QED) is 0.806. The van der Waals surface area contributed by atoms with Crippen LogP contribution in [0.25, 0.3) is 0 Å². The highest BCUT2D eigenvalue weighted by Crippen LogP contribution is 2.34. The van der Waals surface area contributed by atoms with E-state index in [2.05, 4.69) is 17.1 Å². The zero-order valence-corrected chi connectivity index (χ0v) is 10.6. The van der Waals surface area contributed by atoms with Gasteiger partial charge in [0.15, 0.2) is 5.82 Å². The Hall–Kier alpha value is -1.19. The van der Waals surface area contributed by atoms with E-state index in [1.54, 1.807) is 6.92 Å². The first-order valence-electron chi connectivity index (χ1n) is 6.47. The zero-order chi connectivity index (χ0) is 12.3. The van der Waals surface area contributed by atoms with Crippen molar-refractivity contribution in [2.45, 2.75) is 58.3 Å². The second kappa shape index (κ2) is 5.43. The van der Waals surface area contributed by atoms with Crippen LogP contribution in [-0.4, -0.2) is 15.9 Å². The van der Waals surface area contributed by atoms with Gasteiger partial charge >= 0.3 is 0 Å². The summed E-state index contributed by atoms with van der Waals surface area (Å²) in [5.74, 6) is 2.90. The molecule has 0 bridgehead atoms. The maximum Gasteiger partial charge on any atom is 0.227 e. The van der Waals surface area contributed by atoms with Gasteiger partial charge in [0, 0.05) is 18.8 Å². The van der Waals surface area contributed by atoms with Gasteiger partial charge in [0.25, 0.3) is 0 Å². The molecule has 4 nitrogen and oxygen atoms in total. The van der Waals surface area contributed by atoms with Crippen molar-refractivity contribution in [3.8, 4) is 0 Å². The fourth-order valence-electron chi connectivity index (χ4n) is 2.34. The Balaban J connectivity index is 1.91. The minimum atomic E-state index is 0.163. The lowest BCUT2D eigenvalue weighted by Gasteiger charge is -2.23. The summed E-state index contributed by atoms with van der Waals surface area (Å²) in [6.07, 6.45) is 5.89. The third-order valence-corrected chi connectivity index (χ3v) is 3.56. The molecule has 0 spiro atoms. The van der Waals surface area contributed by atoms with E-state index < -0.39 is 0 Å². The summed E-state index contributed by atoms with van der Waals surface area (Å²) >= 11 is 0. The number of rotatable bonds is 4. The molecule has 1 heterocycles. The molecule has 4 heteroatoms. The molecule has 1 aliphatic rings. The number of aryl methyl sites for hydroxylation is 1. The molecule has 17 heavy (non-hydrogen) atoms. The number of hydrogen-bond acceptors (Lipinski definition) is 4. The predicted octanol–water partition coefficient (Wildman–Crippen LogP) is 2.88. The highest BCUT2D eigenvalue weighted by molar-refractivity contribution is 5.75. The van der Waals surface area contributed by atoms with Crippen molar-refractivity contribution in [3.63, 3.8) is 0 Å². The molecule has 0 atom stereocenters. The number of hydrogen-bond donors (Lipinski definition) is 0. The fraction of sp³-hybridized carbons (Fsp3) is 0.769. The summed E-state index contributed by atoms with van der Waals surface area (Å²) in [6.45, 7) is 3.88. The summed E-state index contributed by atoms with van der Waals surface area (Å²) in [4.78, 5) is 15.3. The summed E-state index contributed by atoms with van der Waals surface area (Å²) in [7, 11) is 0. The smallest absolute Gasteiger partial charge is 0.227 e. The standard InChI is InChI=1S/C13H20N2O2/c1-9-3-6-11(7-4-9)13-14-12(17-15-13)8-5-10(2)16/h9,11H,3-8H2,1-2H3. The van der Waals surface area contributed by atoms with Gasteiger partial charge in [0.1, 0.15) is 5.78 Å². The van der Waals surface area contributed by atoms with E-state index >= 15 is 0 Å². The summed E-state index contributed by atoms with van der Waals surface area (Å²) in [6, 6.07) is 0. The van der Waals surface area contributed by atoms with Crippen LogP contribution in [0.3, 0.4) is 0 Å². The minimum absolute atomic E-state index is 0.163. The van der Waals surface area contributed by atoms with Crippen molar-refractivity contribution in [2.24, 2.45) is 5.92 Å². The summed E-state index contributed by atoms with van der Waals surface area (Å²) in [5.41, 5.74) is 0. The molecule has 0 aromatic carbocycles. The molecule has 1 saturated carbocycles. The number of Topliss-reactive ketones (excluding diaryl/α,β-unsaturated/α-hetero) is 1. The lowest BCUT2D eigenvalue weighted by molar-refractivity contribution is -0.117. The molecule has 0 amide bonds. The van der Waals surface area contributed by atoms with E-state index in [9.17, 15) is 4.79 Å². The van der Waals surface area contributed by atoms with Gasteiger partial charge < -0.3 is 9.32 Å². The molecule has 1 aromatic rings. The first-order valence-corrected chi connectivity index (χ1v) is 6.47. The number of ketones is 1. The van der Waals surface area contributed by atoms with Crippen LogP contribution in [0.1, 0.15) is 63.6 Å². The second-order valence-electron chi connectivity index (χ2n) is 5.21. The van der Waals surface area contributed by atoms with Crippen molar-refractivity contribution < 1.29 is 9.32 Å². The molecule has 0 unspecified atom stereocenters. The van der Waals surface area contributed by atoms with Crippen LogP contribution in [0.15, 0.2) is 4.52 Å². The van der Waals surface area contributed by atoms with Gasteiger partial charge in [-0.25, -0.2) is 0 Å². The molecule has 0 radical (unpaired) electrons. The van der Waals surface area contributed by atoms with Gasteiger partial charge in [-0.15, -0.1) is 0 Å². The first-order chi connectivity index (χ1) is 8.15. The van der Waals surface area contributed by atoms with Gasteiger partial charge in [0.2, 0.25) is 5.89 Å². The average Bonchev–Trinajstić information content (AvgIpc) is 2.76. The normalized spacial score (nSPS) is 24.8. The molecule has 94 valence electrons. The Labute approximate surface area is 102 Å². The number of carbonyl (C=O) groups excluding carboxylic acids is 1. The largest absolute Gasteiger partial charge is 0.339 e. The molecule has 1 aromatic heterocycles. The molecule has 1 aliphatic carbocycles. The maximum atomic E-state index is 10.9. The molecular formula is C13H20N2O2. The van der Waals surface area contributed by atoms with E-state index in [4.69, 9.17) is 4.52 Å². The lowest BCUT2D eigenvalue weighted by atomic mass is 9.83. The third kappa shape index (κ3) is 3.38. The van der Waals surface area contributed by atoms with E-state index in [-0.39, 0.29) is 5.78 Å². The van der Waals surface area contributed by atoms with E-state index in [0.717, 1.165) is 24.6 Å². The first kappa shape index (κ1) is 12.3. The van der Waals surface area contributed by atoms with E-state index in [1.165, 1.54) is 12.8 Å². The van der Waals surface area contributed by atoms with Crippen LogP contribution in [0.4, 0.5) is 0 Å². The Morgan fingerprint density at radius 2 is 2.06 bits per heavy atom. The van der Waals surface area contributed by atoms with Gasteiger partial charge in [0.05, 0.1) is 0 Å². The molecular weight excluding hydrogens is 216 g/mol. The Bertz CT molecular complexity index is 379. The highest BCUT2D eigenvalue weighted by atomic mass is 16.5. The number of aromatic nitrogens is 2. The van der Waals surface area contributed by atoms with Crippen molar-refractivity contribution in [1.82, 2.24) is 10.1 Å². The Kier molecular flexibility index (Phi) is 3.92. The van der Waals surface area contributed by atoms with E-state index in [1.807, 2.05) is 0 Å². The van der Waals surface area contributed by atoms with Crippen LogP contribution in [-0.2, 0) is 11.2 Å². The van der Waals surface area contributed by atoms with Crippen LogP contribution in [0, 0.1) is 5.92 Å². The predicted molar refractivity (Wildman–Crippen MR) is 63.7 cm³/mol. The third-order valence-electron chi connectivity index (χ3n) is 3.56. The Morgan fingerprint density at radius 1 is 1.35 bits per heavy atom. The molecule has 2 rings (SSSR count). The van der Waals surface area contributed by atoms with Crippen molar-refractivity contribution in [1.29, 1.82) is 0 Å². The van der Waals surface area contributed by atoms with Gasteiger partial charge in [-0.3, -0.25) is 0 Å². The SMILES string of the molecule is CC(=O)CCc1nc(C2CCC(C)CC2)no1. The van der Waals surface area contributed by atoms with Gasteiger partial charge in [-0.05, 0) is 25.7 Å². The topological polar surface area (TPSA) is 56.0 Å². The molecule has 0 N–H and O–H groups in total. The monoisotopic (exact) mass is 236 g/mol. The van der Waals surface area contributed by atoms with Gasteiger partial charge in [-0.1, -0.05) is 24.9 Å². The molecule has 0 saturated heterocycles. The van der Waals surface area contributed by atoms with Crippen LogP contribution < -0.4 is 0 Å². The van der Waals surface area contributed by atoms with Crippen molar-refractivity contribution in [3.05, 3.63) is 11.7 Å². The lowest BCUT2D eigenvalue weighted by Crippen LogP contribution is -2.12. The Morgan fingerprint density at radius 3 is 2.71 bits per heavy atom. The molecule has 0 aliphatic heterocycles. The maximum absolute atomic E-state index is 10.9. The van der Waals surface area contributed by atoms with Crippen LogP contribution >= 0.6 is 0 Å². The minimum Gasteiger partial charge on any atom is -0.339 e. The summed E-state index contributed by atoms with van der Waals surface area (Å²) < 4.78 is 5.18. The van der Waals surface area contributed by atoms with Crippen molar-refractivity contribution in [2.75, 3.05) is 0 Å². The van der Waals surface area contributed by atoms with Crippen LogP contribution in [0.2, 0.25) is 0 Å². The molecule has 1 fully saturated rings. The summed E-state index contributed by atoms with van der Waals surface area (Å²) in [5, 5.41) is 4.05. The number of nitrogens with zero attached hydrogens (tertiary/aromatic N) is 2. The van der Waals surface area contributed by atoms with Crippen LogP contribution in [0.5, 0.6) is 0 Å². The average molecular weight is 236 g/mol. The number of carbonyl (C=O) groups is 1. The fourth-order valence-corrected chi connectivity index (χ4v) is 2.34.